The van der Waals surface area contributed by atoms with E-state index in [0.717, 1.165) is 17.9 Å². The van der Waals surface area contributed by atoms with Gasteiger partial charge in [-0.05, 0) is 12.1 Å². The Morgan fingerprint density at radius 3 is 2.59 bits per heavy atom. The molecule has 14 heteroatoms. The van der Waals surface area contributed by atoms with Crippen LogP contribution in [0.25, 0.3) is 0 Å². The van der Waals surface area contributed by atoms with E-state index in [-0.39, 0.29) is 13.2 Å². The molecule has 3 atom stereocenters. The SMILES string of the molecule is CO/C1=N/OCC[C@H](C)N2C[C@@H]([C@@H]1F)n1cc(C(=O)NCc3c(F)cc(F)cc3F)c(=O)c(O)c1C2=O. The van der Waals surface area contributed by atoms with Gasteiger partial charge in [-0.15, -0.1) is 0 Å². The van der Waals surface area contributed by atoms with Gasteiger partial charge in [-0.25, -0.2) is 17.6 Å². The maximum atomic E-state index is 15.6. The quantitative estimate of drug-likeness (QED) is 0.590. The summed E-state index contributed by atoms with van der Waals surface area (Å²) >= 11 is 0. The molecule has 0 saturated heterocycles. The molecule has 37 heavy (non-hydrogen) atoms. The number of halogens is 4. The number of pyridine rings is 1. The lowest BCUT2D eigenvalue weighted by Crippen LogP contribution is -2.52. The summed E-state index contributed by atoms with van der Waals surface area (Å²) in [7, 11) is 1.16. The van der Waals surface area contributed by atoms with Gasteiger partial charge in [0.05, 0.1) is 13.2 Å². The standard InChI is InChI=1S/C23H22F4N4O6/c1-10-3-4-37-29-22(36-2)17(27)16-9-30(10)23(35)18-20(33)19(32)13(8-31(16)18)21(34)28-7-12-14(25)5-11(24)6-15(12)26/h5-6,8,10,16-17,33H,3-4,7,9H2,1-2H3,(H,28,34)/b29-22+/t10-,16-,17-/m0/s1. The van der Waals surface area contributed by atoms with Crippen LogP contribution in [0.5, 0.6) is 5.75 Å². The van der Waals surface area contributed by atoms with Gasteiger partial charge >= 0.3 is 0 Å². The molecule has 4 rings (SSSR count). The second-order valence-electron chi connectivity index (χ2n) is 8.54. The number of methoxy groups -OCH3 is 1. The largest absolute Gasteiger partial charge is 0.503 e. The number of carbonyl (C=O) groups is 2. The van der Waals surface area contributed by atoms with Crippen molar-refractivity contribution in [1.29, 1.82) is 0 Å². The van der Waals surface area contributed by atoms with E-state index in [1.54, 1.807) is 6.92 Å². The Kier molecular flexibility index (Phi) is 7.09. The minimum absolute atomic E-state index is 0.0440. The molecule has 198 valence electrons. The highest BCUT2D eigenvalue weighted by Crippen LogP contribution is 2.32. The number of nitrogens with zero attached hydrogens (tertiary/aromatic N) is 3. The highest BCUT2D eigenvalue weighted by molar-refractivity contribution is 5.99. The molecule has 2 bridgehead atoms. The number of hydrogen-bond donors (Lipinski definition) is 2. The van der Waals surface area contributed by atoms with Gasteiger partial charge in [0, 0.05) is 49.4 Å². The van der Waals surface area contributed by atoms with Gasteiger partial charge in [0.1, 0.15) is 29.6 Å². The summed E-state index contributed by atoms with van der Waals surface area (Å²) in [5, 5.41) is 16.4. The number of aromatic hydroxyl groups is 1. The first-order valence-corrected chi connectivity index (χ1v) is 11.1. The Morgan fingerprint density at radius 2 is 1.95 bits per heavy atom. The maximum absolute atomic E-state index is 15.6. The molecule has 0 fully saturated rings. The lowest BCUT2D eigenvalue weighted by molar-refractivity contribution is 0.0404. The predicted octanol–water partition coefficient (Wildman–Crippen LogP) is 2.00. The molecule has 0 saturated carbocycles. The Bertz CT molecular complexity index is 1320. The average Bonchev–Trinajstić information content (AvgIpc) is 2.84. The van der Waals surface area contributed by atoms with Crippen molar-refractivity contribution >= 4 is 17.7 Å². The molecular formula is C23H22F4N4O6. The number of aromatic nitrogens is 1. The number of ether oxygens (including phenoxy) is 1. The van der Waals surface area contributed by atoms with Crippen molar-refractivity contribution < 1.29 is 41.8 Å². The van der Waals surface area contributed by atoms with Crippen molar-refractivity contribution in [2.75, 3.05) is 20.3 Å². The van der Waals surface area contributed by atoms with E-state index >= 15 is 4.39 Å². The summed E-state index contributed by atoms with van der Waals surface area (Å²) in [5.41, 5.74) is -3.19. The monoisotopic (exact) mass is 526 g/mol. The molecular weight excluding hydrogens is 504 g/mol. The van der Waals surface area contributed by atoms with Crippen LogP contribution in [-0.4, -0.2) is 64.8 Å². The number of hydrogen-bond acceptors (Lipinski definition) is 7. The minimum Gasteiger partial charge on any atom is -0.503 e. The molecule has 0 spiro atoms. The molecule has 2 N–H and O–H groups in total. The van der Waals surface area contributed by atoms with Crippen molar-refractivity contribution in [1.82, 2.24) is 14.8 Å². The van der Waals surface area contributed by atoms with Crippen LogP contribution >= 0.6 is 0 Å². The molecule has 2 aromatic rings. The minimum atomic E-state index is -2.02. The number of carbonyl (C=O) groups excluding carboxylic acids is 2. The number of alkyl halides is 1. The van der Waals surface area contributed by atoms with Crippen molar-refractivity contribution in [3.8, 4) is 5.75 Å². The summed E-state index contributed by atoms with van der Waals surface area (Å²) in [6.45, 7) is 0.735. The molecule has 10 nitrogen and oxygen atoms in total. The van der Waals surface area contributed by atoms with E-state index in [1.165, 1.54) is 4.90 Å². The van der Waals surface area contributed by atoms with Crippen LogP contribution in [0, 0.1) is 17.5 Å². The zero-order chi connectivity index (χ0) is 27.0. The topological polar surface area (TPSA) is 122 Å². The summed E-state index contributed by atoms with van der Waals surface area (Å²) < 4.78 is 62.5. The fourth-order valence-corrected chi connectivity index (χ4v) is 4.23. The normalized spacial score (nSPS) is 22.9. The van der Waals surface area contributed by atoms with E-state index in [4.69, 9.17) is 9.57 Å². The first-order chi connectivity index (χ1) is 17.5. The lowest BCUT2D eigenvalue weighted by atomic mass is 10.0. The van der Waals surface area contributed by atoms with Crippen LogP contribution in [0.4, 0.5) is 17.6 Å². The molecule has 1 aromatic carbocycles. The second kappa shape index (κ2) is 10.1. The number of rotatable bonds is 3. The van der Waals surface area contributed by atoms with Crippen molar-refractivity contribution in [2.45, 2.75) is 38.1 Å². The maximum Gasteiger partial charge on any atom is 0.274 e. The molecule has 0 radical (unpaired) electrons. The van der Waals surface area contributed by atoms with Gasteiger partial charge in [0.2, 0.25) is 11.6 Å². The molecule has 0 unspecified atom stereocenters. The third-order valence-electron chi connectivity index (χ3n) is 6.29. The van der Waals surface area contributed by atoms with Crippen molar-refractivity contribution in [3.63, 3.8) is 0 Å². The van der Waals surface area contributed by atoms with Gasteiger partial charge in [0.15, 0.2) is 11.4 Å². The fraction of sp³-hybridized carbons (Fsp3) is 0.391. The smallest absolute Gasteiger partial charge is 0.274 e. The first kappa shape index (κ1) is 26.0. The van der Waals surface area contributed by atoms with Gasteiger partial charge < -0.3 is 29.5 Å². The van der Waals surface area contributed by atoms with Crippen LogP contribution in [0.3, 0.4) is 0 Å². The van der Waals surface area contributed by atoms with E-state index in [1.807, 2.05) is 0 Å². The van der Waals surface area contributed by atoms with Crippen LogP contribution in [0.1, 0.15) is 45.8 Å². The third kappa shape index (κ3) is 4.70. The summed E-state index contributed by atoms with van der Waals surface area (Å²) in [5.74, 6) is -7.21. The zero-order valence-electron chi connectivity index (χ0n) is 19.6. The Balaban J connectivity index is 1.76. The van der Waals surface area contributed by atoms with E-state index in [9.17, 15) is 32.7 Å². The predicted molar refractivity (Wildman–Crippen MR) is 119 cm³/mol. The highest BCUT2D eigenvalue weighted by atomic mass is 19.1. The summed E-state index contributed by atoms with van der Waals surface area (Å²) in [6.07, 6.45) is -0.844. The molecule has 2 aliphatic rings. The highest BCUT2D eigenvalue weighted by Gasteiger charge is 2.43. The second-order valence-corrected chi connectivity index (χ2v) is 8.54. The van der Waals surface area contributed by atoms with Crippen LogP contribution in [0.2, 0.25) is 0 Å². The third-order valence-corrected chi connectivity index (χ3v) is 6.29. The van der Waals surface area contributed by atoms with E-state index in [2.05, 4.69) is 10.5 Å². The Labute approximate surface area is 207 Å². The molecule has 2 aliphatic heterocycles. The van der Waals surface area contributed by atoms with Crippen LogP contribution in [0.15, 0.2) is 28.3 Å². The molecule has 2 amide bonds. The van der Waals surface area contributed by atoms with Gasteiger partial charge in [-0.1, -0.05) is 0 Å². The summed E-state index contributed by atoms with van der Waals surface area (Å²) in [4.78, 5) is 45.2. The van der Waals surface area contributed by atoms with E-state index in [0.29, 0.717) is 18.6 Å². The first-order valence-electron chi connectivity index (χ1n) is 11.1. The number of oxime groups is 1. The molecule has 3 heterocycles. The fourth-order valence-electron chi connectivity index (χ4n) is 4.23. The zero-order valence-corrected chi connectivity index (χ0v) is 19.6. The van der Waals surface area contributed by atoms with E-state index < -0.39 is 88.0 Å². The van der Waals surface area contributed by atoms with Crippen LogP contribution < -0.4 is 10.7 Å². The number of benzene rings is 1. The van der Waals surface area contributed by atoms with Crippen LogP contribution in [-0.2, 0) is 16.1 Å². The average molecular weight is 526 g/mol. The lowest BCUT2D eigenvalue weighted by Gasteiger charge is -2.40. The van der Waals surface area contributed by atoms with Gasteiger partial charge in [-0.2, -0.15) is 0 Å². The van der Waals surface area contributed by atoms with Crippen molar-refractivity contribution in [2.24, 2.45) is 5.16 Å². The molecule has 0 aliphatic carbocycles. The van der Waals surface area contributed by atoms with Gasteiger partial charge in [-0.3, -0.25) is 14.4 Å². The summed E-state index contributed by atoms with van der Waals surface area (Å²) in [6, 6.07) is -0.932. The Hall–Kier alpha value is -4.10. The number of amides is 2. The van der Waals surface area contributed by atoms with Gasteiger partial charge in [0.25, 0.3) is 17.7 Å². The molecule has 1 aromatic heterocycles. The number of fused-ring (bicyclic) bond motifs is 4. The number of nitrogens with one attached hydrogen (secondary N) is 1. The Morgan fingerprint density at radius 1 is 1.27 bits per heavy atom. The van der Waals surface area contributed by atoms with Crippen molar-refractivity contribution in [3.05, 3.63) is 62.8 Å².